The third kappa shape index (κ3) is 20.3. The number of rotatable bonds is 14. The van der Waals surface area contributed by atoms with Crippen molar-refractivity contribution in [2.24, 2.45) is 5.41 Å². The molecule has 1 aliphatic carbocycles. The lowest BCUT2D eigenvalue weighted by Crippen LogP contribution is -2.62. The van der Waals surface area contributed by atoms with Gasteiger partial charge in [-0.05, 0) is 134 Å². The van der Waals surface area contributed by atoms with Crippen molar-refractivity contribution in [3.8, 4) is 28.4 Å². The smallest absolute Gasteiger partial charge is 0.409 e. The van der Waals surface area contributed by atoms with Crippen LogP contribution in [0.1, 0.15) is 126 Å². The fraction of sp³-hybridized carbons (Fsp3) is 0.439. The number of nitrogens with one attached hydrogen (secondary N) is 1. The number of unbranched alkanes of at least 4 members (excludes halogenated alkanes) is 1. The highest BCUT2D eigenvalue weighted by Crippen LogP contribution is 2.45. The van der Waals surface area contributed by atoms with Gasteiger partial charge >= 0.3 is 18.0 Å². The number of methoxy groups -OCH3 is 2. The number of cyclic esters (lactones) is 2. The molecule has 23 nitrogen and oxygen atoms in total. The van der Waals surface area contributed by atoms with E-state index in [2.05, 4.69) is 5.32 Å². The molecule has 3 aliphatic rings. The SMILES string of the molecule is CCCC[C@H]1C(=O)N[C@@H](Cc2ccc3ccccc3c2)C(=O)N(C)[C@@H](COC(C)(C)C)C(=O)CCC(=O)N(C)CCC=CC(=O)OCC(C)(C)C(=O)C(=O)N2CCN(C(=O)OCC3c4ccccc4-c4ccccc43)C[C@H]2C(=O)O[C@H](CCc2ccc(OC)c(OC)c2)c2cccc(c2)OCC(=O)N1C. The van der Waals surface area contributed by atoms with E-state index in [1.165, 1.54) is 67.8 Å². The number of carbonyl (C=O) groups excluding carboxylic acids is 10. The molecular formula is C82H98N6O17. The van der Waals surface area contributed by atoms with Crippen molar-refractivity contribution in [2.45, 2.75) is 141 Å². The van der Waals surface area contributed by atoms with Crippen LogP contribution >= 0.6 is 0 Å². The summed E-state index contributed by atoms with van der Waals surface area (Å²) in [5, 5.41) is 4.85. The van der Waals surface area contributed by atoms with Gasteiger partial charge in [-0.2, -0.15) is 0 Å². The molecule has 9 rings (SSSR count). The number of nitrogens with zero attached hydrogens (tertiary/aromatic N) is 5. The molecule has 1 fully saturated rings. The largest absolute Gasteiger partial charge is 0.493 e. The highest BCUT2D eigenvalue weighted by atomic mass is 16.6. The molecule has 6 aromatic carbocycles. The third-order valence-corrected chi connectivity index (χ3v) is 19.5. The minimum Gasteiger partial charge on any atom is -0.493 e. The number of aryl methyl sites for hydroxylation is 1. The number of likely N-dealkylation sites (N-methyl/N-ethyl adjacent to an activating group) is 2. The molecular weight excluding hydrogens is 1340 g/mol. The predicted octanol–water partition coefficient (Wildman–Crippen LogP) is 10.2. The Morgan fingerprint density at radius 2 is 1.36 bits per heavy atom. The summed E-state index contributed by atoms with van der Waals surface area (Å²) in [6.45, 7) is 8.05. The Hall–Kier alpha value is -10.4. The Labute approximate surface area is 614 Å². The number of amides is 6. The molecule has 0 saturated carbocycles. The van der Waals surface area contributed by atoms with E-state index in [0.717, 1.165) is 49.6 Å². The molecule has 6 amide bonds. The lowest BCUT2D eigenvalue weighted by atomic mass is 9.87. The molecule has 2 aliphatic heterocycles. The van der Waals surface area contributed by atoms with E-state index in [0.29, 0.717) is 35.5 Å². The van der Waals surface area contributed by atoms with Crippen molar-refractivity contribution in [3.63, 3.8) is 0 Å². The molecule has 0 aromatic heterocycles. The Kier molecular flexibility index (Phi) is 26.9. The van der Waals surface area contributed by atoms with Gasteiger partial charge in [0.1, 0.15) is 49.2 Å². The van der Waals surface area contributed by atoms with Crippen LogP contribution < -0.4 is 19.5 Å². The molecule has 6 aromatic rings. The standard InChI is InChI=1S/C82H98N6O17/c1-12-13-31-65-76(94)83-64(45-54-33-36-55-23-14-15-24-56(55)44-54)77(95)86(9)67(50-104-81(2,3)4)68(89)37-40-72(90)84(7)41-21-20-32-74(92)103-52-82(5,6)75(93)78(96)88-43-42-87(80(98)102-49-63-61-29-18-16-27-59(61)60-28-17-19-30-62(60)63)48-66(88)79(97)105-69(38-34-53-35-39-70(99-10)71(46-53)100-11)57-25-22-26-58(47-57)101-51-73(91)85(65)8/h14-20,22-30,32-33,35-36,39,44,46-47,63-67,69H,12-13,21,31,34,37-38,40-43,45,48-52H2,1-11H3,(H,83,94)/t64-,65-,66-,67-,69+/m0/s1. The van der Waals surface area contributed by atoms with E-state index in [-0.39, 0.29) is 89.5 Å². The zero-order valence-corrected chi connectivity index (χ0v) is 62.0. The number of fused-ring (bicyclic) bond motifs is 7. The van der Waals surface area contributed by atoms with Crippen LogP contribution in [0.4, 0.5) is 4.79 Å². The minimum absolute atomic E-state index is 0.00707. The first-order valence-electron chi connectivity index (χ1n) is 35.8. The van der Waals surface area contributed by atoms with Crippen LogP contribution in [0.2, 0.25) is 0 Å². The monoisotopic (exact) mass is 1440 g/mol. The minimum atomic E-state index is -1.65. The molecule has 1 saturated heterocycles. The summed E-state index contributed by atoms with van der Waals surface area (Å²) in [4.78, 5) is 152. The molecule has 105 heavy (non-hydrogen) atoms. The van der Waals surface area contributed by atoms with E-state index in [1.807, 2.05) is 125 Å². The fourth-order valence-electron chi connectivity index (χ4n) is 13.2. The molecule has 23 heteroatoms. The van der Waals surface area contributed by atoms with E-state index in [4.69, 9.17) is 33.2 Å². The van der Waals surface area contributed by atoms with Crippen molar-refractivity contribution >= 4 is 69.9 Å². The highest BCUT2D eigenvalue weighted by Gasteiger charge is 2.46. The number of carbonyl (C=O) groups is 10. The lowest BCUT2D eigenvalue weighted by Gasteiger charge is -2.40. The average Bonchev–Trinajstić information content (AvgIpc) is 1.65. The van der Waals surface area contributed by atoms with Crippen LogP contribution in [0.3, 0.4) is 0 Å². The Morgan fingerprint density at radius 1 is 0.676 bits per heavy atom. The highest BCUT2D eigenvalue weighted by molar-refractivity contribution is 6.38. The van der Waals surface area contributed by atoms with Gasteiger partial charge in [-0.3, -0.25) is 33.6 Å². The van der Waals surface area contributed by atoms with Crippen LogP contribution in [0.15, 0.2) is 146 Å². The third-order valence-electron chi connectivity index (χ3n) is 19.5. The van der Waals surface area contributed by atoms with Gasteiger partial charge in [-0.25, -0.2) is 14.4 Å². The van der Waals surface area contributed by atoms with Crippen LogP contribution in [0.5, 0.6) is 17.2 Å². The first-order valence-corrected chi connectivity index (χ1v) is 35.8. The molecule has 1 N–H and O–H groups in total. The Morgan fingerprint density at radius 3 is 2.06 bits per heavy atom. The maximum absolute atomic E-state index is 15.4. The van der Waals surface area contributed by atoms with Crippen LogP contribution in [-0.4, -0.2) is 201 Å². The number of ether oxygens (including phenoxy) is 7. The summed E-state index contributed by atoms with van der Waals surface area (Å²) in [5.74, 6) is -5.81. The van der Waals surface area contributed by atoms with Crippen molar-refractivity contribution in [1.29, 1.82) is 0 Å². The van der Waals surface area contributed by atoms with E-state index in [1.54, 1.807) is 43.4 Å². The molecule has 5 atom stereocenters. The summed E-state index contributed by atoms with van der Waals surface area (Å²) in [6, 6.07) is 35.9. The van der Waals surface area contributed by atoms with Gasteiger partial charge in [0.15, 0.2) is 23.9 Å². The zero-order chi connectivity index (χ0) is 75.7. The van der Waals surface area contributed by atoms with Crippen molar-refractivity contribution in [3.05, 3.63) is 173 Å². The number of hydrogen-bond donors (Lipinski definition) is 1. The van der Waals surface area contributed by atoms with Gasteiger partial charge in [0, 0.05) is 72.0 Å². The molecule has 2 heterocycles. The quantitative estimate of drug-likeness (QED) is 0.0603. The molecule has 2 bridgehead atoms. The van der Waals surface area contributed by atoms with Gasteiger partial charge in [0.2, 0.25) is 23.5 Å². The normalized spacial score (nSPS) is 20.5. The first kappa shape index (κ1) is 78.7. The summed E-state index contributed by atoms with van der Waals surface area (Å²) >= 11 is 0. The van der Waals surface area contributed by atoms with Crippen LogP contribution in [0, 0.1) is 5.41 Å². The summed E-state index contributed by atoms with van der Waals surface area (Å²) in [7, 11) is 7.52. The van der Waals surface area contributed by atoms with E-state index in [9.17, 15) is 33.6 Å². The zero-order valence-electron chi connectivity index (χ0n) is 62.0. The second-order valence-electron chi connectivity index (χ2n) is 28.6. The maximum atomic E-state index is 15.4. The molecule has 0 unspecified atom stereocenters. The molecule has 0 radical (unpaired) electrons. The van der Waals surface area contributed by atoms with Gasteiger partial charge in [0.25, 0.3) is 11.8 Å². The summed E-state index contributed by atoms with van der Waals surface area (Å²) < 4.78 is 41.7. The fourth-order valence-corrected chi connectivity index (χ4v) is 13.2. The molecule has 0 spiro atoms. The number of hydrogen-bond acceptors (Lipinski definition) is 17. The second kappa shape index (κ2) is 35.8. The van der Waals surface area contributed by atoms with Crippen LogP contribution in [-0.2, 0) is 74.9 Å². The predicted molar refractivity (Wildman–Crippen MR) is 394 cm³/mol. The van der Waals surface area contributed by atoms with E-state index < -0.39 is 120 Å². The lowest BCUT2D eigenvalue weighted by molar-refractivity contribution is -0.166. The van der Waals surface area contributed by atoms with Gasteiger partial charge in [0.05, 0.1) is 38.4 Å². The molecule has 558 valence electrons. The summed E-state index contributed by atoms with van der Waals surface area (Å²) in [5.41, 5.74) is 3.47. The number of piperazine rings is 1. The number of Topliss-reactive ketones (excluding diaryl/α,β-unsaturated/α-hetero) is 2. The number of benzene rings is 6. The summed E-state index contributed by atoms with van der Waals surface area (Å²) in [6.07, 6.45) is 2.14. The Balaban J connectivity index is 1.04. The number of esters is 2. The second-order valence-corrected chi connectivity index (χ2v) is 28.6. The average molecular weight is 1440 g/mol. The van der Waals surface area contributed by atoms with Crippen molar-refractivity contribution in [2.75, 3.05) is 88.0 Å². The number of ketones is 2. The van der Waals surface area contributed by atoms with Gasteiger partial charge in [-0.1, -0.05) is 135 Å². The topological polar surface area (TPSA) is 264 Å². The van der Waals surface area contributed by atoms with Crippen LogP contribution in [0.25, 0.3) is 21.9 Å². The Bertz CT molecular complexity index is 4140. The van der Waals surface area contributed by atoms with E-state index >= 15 is 14.4 Å². The first-order chi connectivity index (χ1) is 50.2. The van der Waals surface area contributed by atoms with Crippen molar-refractivity contribution in [1.82, 2.24) is 29.8 Å². The van der Waals surface area contributed by atoms with Crippen molar-refractivity contribution < 1.29 is 81.1 Å². The maximum Gasteiger partial charge on any atom is 0.409 e. The van der Waals surface area contributed by atoms with Gasteiger partial charge in [-0.15, -0.1) is 0 Å². The van der Waals surface area contributed by atoms with Gasteiger partial charge < -0.3 is 63.0 Å².